The average Bonchev–Trinajstić information content (AvgIpc) is 2.98. The lowest BCUT2D eigenvalue weighted by Crippen LogP contribution is -2.36. The topological polar surface area (TPSA) is 84.9 Å². The minimum absolute atomic E-state index is 0.247. The Hall–Kier alpha value is -3.26. The van der Waals surface area contributed by atoms with Gasteiger partial charge in [0.25, 0.3) is 11.1 Å². The number of carbonyl (C=O) groups is 3. The molecule has 1 N–H and O–H groups in total. The van der Waals surface area contributed by atoms with Gasteiger partial charge >= 0.3 is 0 Å². The highest BCUT2D eigenvalue weighted by Gasteiger charge is 2.36. The first-order chi connectivity index (χ1) is 14.8. The summed E-state index contributed by atoms with van der Waals surface area (Å²) in [6.45, 7) is 5.78. The molecule has 0 radical (unpaired) electrons. The van der Waals surface area contributed by atoms with E-state index in [4.69, 9.17) is 9.47 Å². The van der Waals surface area contributed by atoms with Crippen molar-refractivity contribution in [1.29, 1.82) is 0 Å². The Morgan fingerprint density at radius 2 is 1.90 bits per heavy atom. The molecule has 8 heteroatoms. The molecule has 162 valence electrons. The van der Waals surface area contributed by atoms with Crippen LogP contribution in [0, 0.1) is 13.8 Å². The molecule has 0 saturated carbocycles. The smallest absolute Gasteiger partial charge is 0.294 e. The molecule has 1 saturated heterocycles. The van der Waals surface area contributed by atoms with Gasteiger partial charge in [-0.3, -0.25) is 19.3 Å². The molecule has 2 aromatic rings. The monoisotopic (exact) mass is 440 g/mol. The van der Waals surface area contributed by atoms with Crippen molar-refractivity contribution in [3.05, 3.63) is 58.0 Å². The molecular weight excluding hydrogens is 416 g/mol. The number of amides is 3. The summed E-state index contributed by atoms with van der Waals surface area (Å²) in [7, 11) is 1.55. The third-order valence-electron chi connectivity index (χ3n) is 4.63. The quantitative estimate of drug-likeness (QED) is 0.643. The molecule has 0 unspecified atom stereocenters. The van der Waals surface area contributed by atoms with Crippen LogP contribution in [0.4, 0.5) is 10.5 Å². The number of thioether (sulfide) groups is 1. The van der Waals surface area contributed by atoms with Crippen molar-refractivity contribution in [2.75, 3.05) is 25.6 Å². The predicted octanol–water partition coefficient (Wildman–Crippen LogP) is 4.39. The third kappa shape index (κ3) is 5.27. The van der Waals surface area contributed by atoms with E-state index in [9.17, 15) is 14.4 Å². The van der Waals surface area contributed by atoms with Gasteiger partial charge < -0.3 is 14.8 Å². The second kappa shape index (κ2) is 9.70. The van der Waals surface area contributed by atoms with Gasteiger partial charge in [0.15, 0.2) is 11.5 Å². The minimum Gasteiger partial charge on any atom is -0.493 e. The summed E-state index contributed by atoms with van der Waals surface area (Å²) in [6, 6.07) is 10.9. The first-order valence-corrected chi connectivity index (χ1v) is 10.6. The number of nitrogens with one attached hydrogen (secondary N) is 1. The lowest BCUT2D eigenvalue weighted by Gasteiger charge is -2.14. The van der Waals surface area contributed by atoms with Crippen LogP contribution in [-0.4, -0.2) is 42.2 Å². The number of aryl methyl sites for hydroxylation is 2. The van der Waals surface area contributed by atoms with Crippen molar-refractivity contribution in [2.24, 2.45) is 0 Å². The number of methoxy groups -OCH3 is 1. The van der Waals surface area contributed by atoms with Crippen molar-refractivity contribution in [3.8, 4) is 11.5 Å². The lowest BCUT2D eigenvalue weighted by molar-refractivity contribution is -0.127. The van der Waals surface area contributed by atoms with Gasteiger partial charge in [-0.1, -0.05) is 18.2 Å². The summed E-state index contributed by atoms with van der Waals surface area (Å²) in [6.07, 6.45) is 1.61. The molecule has 1 aliphatic rings. The van der Waals surface area contributed by atoms with Crippen LogP contribution in [0.1, 0.15) is 23.6 Å². The Morgan fingerprint density at radius 1 is 1.13 bits per heavy atom. The van der Waals surface area contributed by atoms with E-state index in [1.165, 1.54) is 0 Å². The van der Waals surface area contributed by atoms with Crippen molar-refractivity contribution >= 4 is 40.6 Å². The zero-order valence-corrected chi connectivity index (χ0v) is 18.7. The van der Waals surface area contributed by atoms with Crippen molar-refractivity contribution < 1.29 is 23.9 Å². The summed E-state index contributed by atoms with van der Waals surface area (Å²) in [5.74, 6) is 0.196. The summed E-state index contributed by atoms with van der Waals surface area (Å²) in [4.78, 5) is 38.8. The minimum atomic E-state index is -0.500. The zero-order valence-electron chi connectivity index (χ0n) is 17.9. The van der Waals surface area contributed by atoms with Crippen LogP contribution in [0.3, 0.4) is 0 Å². The van der Waals surface area contributed by atoms with Gasteiger partial charge in [-0.15, -0.1) is 0 Å². The molecule has 31 heavy (non-hydrogen) atoms. The summed E-state index contributed by atoms with van der Waals surface area (Å²) in [5.41, 5.74) is 3.25. The highest BCUT2D eigenvalue weighted by atomic mass is 32.2. The second-order valence-electron chi connectivity index (χ2n) is 6.98. The Kier molecular flexibility index (Phi) is 7.02. The maximum absolute atomic E-state index is 12.7. The highest BCUT2D eigenvalue weighted by Crippen LogP contribution is 2.34. The van der Waals surface area contributed by atoms with Crippen LogP contribution in [0.15, 0.2) is 41.3 Å². The molecule has 3 rings (SSSR count). The van der Waals surface area contributed by atoms with E-state index in [1.807, 2.05) is 39.0 Å². The first-order valence-electron chi connectivity index (χ1n) is 9.75. The van der Waals surface area contributed by atoms with E-state index in [0.717, 1.165) is 27.8 Å². The number of imide groups is 1. The van der Waals surface area contributed by atoms with E-state index in [-0.39, 0.29) is 11.4 Å². The molecule has 0 aliphatic carbocycles. The number of ether oxygens (including phenoxy) is 2. The summed E-state index contributed by atoms with van der Waals surface area (Å²) in [5, 5.41) is 2.29. The number of rotatable bonds is 7. The Labute approximate surface area is 185 Å². The summed E-state index contributed by atoms with van der Waals surface area (Å²) < 4.78 is 10.8. The number of hydrogen-bond donors (Lipinski definition) is 1. The van der Waals surface area contributed by atoms with Gasteiger partial charge in [-0.05, 0) is 73.5 Å². The molecule has 1 fully saturated rings. The zero-order chi connectivity index (χ0) is 22.5. The molecule has 2 aromatic carbocycles. The summed E-state index contributed by atoms with van der Waals surface area (Å²) >= 11 is 0.806. The fraction of sp³-hybridized carbons (Fsp3) is 0.261. The fourth-order valence-electron chi connectivity index (χ4n) is 3.04. The number of benzene rings is 2. The number of hydrogen-bond acceptors (Lipinski definition) is 6. The van der Waals surface area contributed by atoms with Crippen LogP contribution < -0.4 is 14.8 Å². The Morgan fingerprint density at radius 3 is 2.61 bits per heavy atom. The maximum Gasteiger partial charge on any atom is 0.294 e. The van der Waals surface area contributed by atoms with E-state index in [0.29, 0.717) is 29.4 Å². The molecule has 3 amide bonds. The van der Waals surface area contributed by atoms with Gasteiger partial charge in [0, 0.05) is 5.69 Å². The van der Waals surface area contributed by atoms with Crippen molar-refractivity contribution in [2.45, 2.75) is 20.8 Å². The van der Waals surface area contributed by atoms with Crippen LogP contribution in [0.5, 0.6) is 11.5 Å². The number of anilines is 1. The highest BCUT2D eigenvalue weighted by molar-refractivity contribution is 8.18. The molecule has 0 aromatic heterocycles. The molecular formula is C23H24N2O5S. The Bertz CT molecular complexity index is 1060. The van der Waals surface area contributed by atoms with Crippen LogP contribution >= 0.6 is 11.8 Å². The predicted molar refractivity (Wildman–Crippen MR) is 121 cm³/mol. The van der Waals surface area contributed by atoms with Gasteiger partial charge in [0.2, 0.25) is 5.91 Å². The largest absolute Gasteiger partial charge is 0.493 e. The van der Waals surface area contributed by atoms with Gasteiger partial charge in [0.1, 0.15) is 6.54 Å². The van der Waals surface area contributed by atoms with E-state index in [2.05, 4.69) is 5.32 Å². The van der Waals surface area contributed by atoms with Gasteiger partial charge in [0.05, 0.1) is 18.6 Å². The molecule has 0 atom stereocenters. The lowest BCUT2D eigenvalue weighted by atomic mass is 10.1. The van der Waals surface area contributed by atoms with Gasteiger partial charge in [-0.25, -0.2) is 0 Å². The SMILES string of the molecule is CCOc1cc(/C=C2/SC(=O)N(CC(=O)Nc3cc(C)ccc3C)C2=O)ccc1OC. The first kappa shape index (κ1) is 22.4. The molecule has 7 nitrogen and oxygen atoms in total. The normalized spacial score (nSPS) is 14.8. The van der Waals surface area contributed by atoms with Crippen LogP contribution in [0.25, 0.3) is 6.08 Å². The second-order valence-corrected chi connectivity index (χ2v) is 7.97. The van der Waals surface area contributed by atoms with Gasteiger partial charge in [-0.2, -0.15) is 0 Å². The molecule has 0 spiro atoms. The number of nitrogens with zero attached hydrogens (tertiary/aromatic N) is 1. The Balaban J connectivity index is 1.74. The maximum atomic E-state index is 12.7. The van der Waals surface area contributed by atoms with E-state index in [1.54, 1.807) is 31.4 Å². The fourth-order valence-corrected chi connectivity index (χ4v) is 3.88. The van der Waals surface area contributed by atoms with E-state index >= 15 is 0 Å². The molecule has 1 aliphatic heterocycles. The standard InChI is InChI=1S/C23H24N2O5S/c1-5-30-19-11-16(8-9-18(19)29-4)12-20-22(27)25(23(28)31-20)13-21(26)24-17-10-14(2)6-7-15(17)3/h6-12H,5,13H2,1-4H3,(H,24,26)/b20-12+. The van der Waals surface area contributed by atoms with Crippen LogP contribution in [-0.2, 0) is 9.59 Å². The van der Waals surface area contributed by atoms with Crippen molar-refractivity contribution in [3.63, 3.8) is 0 Å². The van der Waals surface area contributed by atoms with E-state index < -0.39 is 17.1 Å². The van der Waals surface area contributed by atoms with Crippen LogP contribution in [0.2, 0.25) is 0 Å². The molecule has 1 heterocycles. The molecule has 0 bridgehead atoms. The number of carbonyl (C=O) groups excluding carboxylic acids is 3. The van der Waals surface area contributed by atoms with Crippen molar-refractivity contribution in [1.82, 2.24) is 4.90 Å². The third-order valence-corrected chi connectivity index (χ3v) is 5.54. The average molecular weight is 441 g/mol.